The highest BCUT2D eigenvalue weighted by molar-refractivity contribution is 5.76. The molecule has 0 aliphatic heterocycles. The molecule has 4 N–H and O–H groups in total. The maximum Gasteiger partial charge on any atom is 0.508 e. The maximum absolute atomic E-state index is 12.1. The van der Waals surface area contributed by atoms with Gasteiger partial charge in [0.05, 0.1) is 0 Å². The van der Waals surface area contributed by atoms with E-state index in [4.69, 9.17) is 19.9 Å². The van der Waals surface area contributed by atoms with Gasteiger partial charge in [-0.3, -0.25) is 4.79 Å². The molecule has 25 heavy (non-hydrogen) atoms. The summed E-state index contributed by atoms with van der Waals surface area (Å²) in [5.74, 6) is -1.20. The minimum atomic E-state index is -0.961. The highest BCUT2D eigenvalue weighted by atomic mass is 16.7. The summed E-state index contributed by atoms with van der Waals surface area (Å²) in [5.41, 5.74) is 6.38. The van der Waals surface area contributed by atoms with Crippen LogP contribution in [-0.2, 0) is 25.4 Å². The predicted octanol–water partition coefficient (Wildman–Crippen LogP) is 1.60. The third-order valence-electron chi connectivity index (χ3n) is 3.83. The summed E-state index contributed by atoms with van der Waals surface area (Å²) in [4.78, 5) is 23.5. The van der Waals surface area contributed by atoms with Crippen LogP contribution in [0.4, 0.5) is 4.79 Å². The quantitative estimate of drug-likeness (QED) is 0.498. The molecule has 1 saturated carbocycles. The van der Waals surface area contributed by atoms with Gasteiger partial charge in [0.15, 0.2) is 11.5 Å². The van der Waals surface area contributed by atoms with E-state index in [9.17, 15) is 19.8 Å². The fourth-order valence-electron chi connectivity index (χ4n) is 2.00. The van der Waals surface area contributed by atoms with Crippen molar-refractivity contribution in [3.05, 3.63) is 23.8 Å². The smallest absolute Gasteiger partial charge is 0.504 e. The number of carbonyl (C=O) groups is 2. The lowest BCUT2D eigenvalue weighted by Gasteiger charge is -2.22. The van der Waals surface area contributed by atoms with Crippen molar-refractivity contribution >= 4 is 12.1 Å². The van der Waals surface area contributed by atoms with Crippen molar-refractivity contribution < 1.29 is 34.0 Å². The molecular formula is C17H23NO7. The number of hydrogen-bond acceptors (Lipinski definition) is 8. The van der Waals surface area contributed by atoms with Gasteiger partial charge in [0.25, 0.3) is 0 Å². The number of hydrogen-bond donors (Lipinski definition) is 3. The fraction of sp³-hybridized carbons (Fsp3) is 0.529. The molecule has 8 nitrogen and oxygen atoms in total. The van der Waals surface area contributed by atoms with Crippen molar-refractivity contribution in [1.82, 2.24) is 0 Å². The molecule has 138 valence electrons. The number of benzene rings is 1. The van der Waals surface area contributed by atoms with E-state index in [0.717, 1.165) is 12.8 Å². The summed E-state index contributed by atoms with van der Waals surface area (Å²) in [6, 6.07) is 3.22. The number of phenolic OH excluding ortho intramolecular Hbond substituents is 2. The van der Waals surface area contributed by atoms with Gasteiger partial charge in [0.1, 0.15) is 24.4 Å². The number of rotatable bonds is 7. The largest absolute Gasteiger partial charge is 0.508 e. The van der Waals surface area contributed by atoms with Gasteiger partial charge in [-0.1, -0.05) is 6.07 Å². The predicted molar refractivity (Wildman–Crippen MR) is 87.1 cm³/mol. The molecule has 1 aromatic carbocycles. The Hall–Kier alpha value is -2.48. The molecule has 0 radical (unpaired) electrons. The Bertz CT molecular complexity index is 629. The Kier molecular flexibility index (Phi) is 6.08. The topological polar surface area (TPSA) is 128 Å². The second-order valence-electron chi connectivity index (χ2n) is 6.17. The van der Waals surface area contributed by atoms with Gasteiger partial charge in [0, 0.05) is 0 Å². The Morgan fingerprint density at radius 3 is 2.40 bits per heavy atom. The molecule has 0 aromatic heterocycles. The minimum absolute atomic E-state index is 0.0623. The first-order valence-electron chi connectivity index (χ1n) is 8.10. The number of nitrogens with two attached hydrogens (primary N) is 1. The van der Waals surface area contributed by atoms with Crippen molar-refractivity contribution in [2.24, 2.45) is 5.73 Å². The van der Waals surface area contributed by atoms with Crippen molar-refractivity contribution in [3.8, 4) is 11.5 Å². The minimum Gasteiger partial charge on any atom is -0.504 e. The Labute approximate surface area is 145 Å². The highest BCUT2D eigenvalue weighted by Crippen LogP contribution is 2.26. The lowest BCUT2D eigenvalue weighted by Crippen LogP contribution is -2.39. The van der Waals surface area contributed by atoms with Gasteiger partial charge < -0.3 is 30.2 Å². The molecule has 1 fully saturated rings. The van der Waals surface area contributed by atoms with Crippen LogP contribution in [-0.4, -0.2) is 46.7 Å². The lowest BCUT2D eigenvalue weighted by molar-refractivity contribution is -0.155. The molecule has 1 aliphatic rings. The van der Waals surface area contributed by atoms with Gasteiger partial charge in [-0.15, -0.1) is 0 Å². The van der Waals surface area contributed by atoms with Crippen LogP contribution < -0.4 is 5.73 Å². The Morgan fingerprint density at radius 2 is 1.80 bits per heavy atom. The zero-order chi connectivity index (χ0) is 18.6. The maximum atomic E-state index is 12.1. The van der Waals surface area contributed by atoms with Crippen LogP contribution in [0.25, 0.3) is 0 Å². The van der Waals surface area contributed by atoms with Gasteiger partial charge >= 0.3 is 12.1 Å². The molecule has 8 heteroatoms. The molecule has 1 aliphatic carbocycles. The second kappa shape index (κ2) is 8.06. The SMILES string of the molecule is CC(OC(=O)OC1CC1)[C@H](C)OC(=O)[C@@H](N)Cc1ccc(O)c(O)c1. The summed E-state index contributed by atoms with van der Waals surface area (Å²) < 4.78 is 15.2. The van der Waals surface area contributed by atoms with E-state index < -0.39 is 30.4 Å². The summed E-state index contributed by atoms with van der Waals surface area (Å²) >= 11 is 0. The fourth-order valence-corrected chi connectivity index (χ4v) is 2.00. The summed E-state index contributed by atoms with van der Waals surface area (Å²) in [7, 11) is 0. The molecule has 3 atom stereocenters. The zero-order valence-electron chi connectivity index (χ0n) is 14.2. The first-order chi connectivity index (χ1) is 11.8. The second-order valence-corrected chi connectivity index (χ2v) is 6.17. The van der Waals surface area contributed by atoms with Crippen LogP contribution in [0.2, 0.25) is 0 Å². The first kappa shape index (κ1) is 18.9. The van der Waals surface area contributed by atoms with E-state index in [0.29, 0.717) is 5.56 Å². The van der Waals surface area contributed by atoms with E-state index in [2.05, 4.69) is 0 Å². The van der Waals surface area contributed by atoms with Crippen molar-refractivity contribution in [2.45, 2.75) is 57.5 Å². The van der Waals surface area contributed by atoms with E-state index in [-0.39, 0.29) is 24.0 Å². The monoisotopic (exact) mass is 353 g/mol. The standard InChI is InChI=1S/C17H23NO7/c1-9(10(2)24-17(22)25-12-4-5-12)23-16(21)13(18)7-11-3-6-14(19)15(20)8-11/h3,6,8-10,12-13,19-20H,4-5,7,18H2,1-2H3/t9-,10?,13-/m0/s1. The average molecular weight is 353 g/mol. The molecule has 0 bridgehead atoms. The number of ether oxygens (including phenoxy) is 3. The molecule has 2 rings (SSSR count). The Morgan fingerprint density at radius 1 is 1.16 bits per heavy atom. The van der Waals surface area contributed by atoms with Crippen molar-refractivity contribution in [2.75, 3.05) is 0 Å². The Balaban J connectivity index is 1.79. The molecule has 1 unspecified atom stereocenters. The summed E-state index contributed by atoms with van der Waals surface area (Å²) in [6.45, 7) is 3.18. The van der Waals surface area contributed by atoms with E-state index >= 15 is 0 Å². The van der Waals surface area contributed by atoms with Gasteiger partial charge in [-0.25, -0.2) is 4.79 Å². The summed E-state index contributed by atoms with van der Waals surface area (Å²) in [5, 5.41) is 18.7. The van der Waals surface area contributed by atoms with Crippen molar-refractivity contribution in [3.63, 3.8) is 0 Å². The van der Waals surface area contributed by atoms with Crippen LogP contribution in [0.3, 0.4) is 0 Å². The third kappa shape index (κ3) is 5.82. The number of phenols is 2. The van der Waals surface area contributed by atoms with Crippen LogP contribution in [0, 0.1) is 0 Å². The van der Waals surface area contributed by atoms with Crippen molar-refractivity contribution in [1.29, 1.82) is 0 Å². The first-order valence-corrected chi connectivity index (χ1v) is 8.10. The van der Waals surface area contributed by atoms with E-state index in [1.54, 1.807) is 19.9 Å². The van der Waals surface area contributed by atoms with Crippen LogP contribution in [0.1, 0.15) is 32.3 Å². The molecule has 0 heterocycles. The lowest BCUT2D eigenvalue weighted by atomic mass is 10.1. The molecular weight excluding hydrogens is 330 g/mol. The zero-order valence-corrected chi connectivity index (χ0v) is 14.2. The number of aromatic hydroxyl groups is 2. The normalized spacial score (nSPS) is 17.2. The number of esters is 1. The average Bonchev–Trinajstić information content (AvgIpc) is 3.34. The number of carbonyl (C=O) groups excluding carboxylic acids is 2. The highest BCUT2D eigenvalue weighted by Gasteiger charge is 2.29. The van der Waals surface area contributed by atoms with Gasteiger partial charge in [-0.05, 0) is 50.8 Å². The van der Waals surface area contributed by atoms with E-state index in [1.165, 1.54) is 12.1 Å². The molecule has 0 spiro atoms. The van der Waals surface area contributed by atoms with Gasteiger partial charge in [-0.2, -0.15) is 0 Å². The third-order valence-corrected chi connectivity index (χ3v) is 3.83. The summed E-state index contributed by atoms with van der Waals surface area (Å²) in [6.07, 6.45) is -0.405. The van der Waals surface area contributed by atoms with Crippen LogP contribution in [0.5, 0.6) is 11.5 Å². The molecule has 0 amide bonds. The van der Waals surface area contributed by atoms with E-state index in [1.807, 2.05) is 0 Å². The van der Waals surface area contributed by atoms with Crippen LogP contribution in [0.15, 0.2) is 18.2 Å². The molecule has 0 saturated heterocycles. The van der Waals surface area contributed by atoms with Gasteiger partial charge in [0.2, 0.25) is 0 Å². The molecule has 1 aromatic rings. The van der Waals surface area contributed by atoms with Crippen LogP contribution >= 0.6 is 0 Å².